The molecule has 0 bridgehead atoms. The molecule has 0 radical (unpaired) electrons. The van der Waals surface area contributed by atoms with Crippen molar-refractivity contribution in [3.8, 4) is 5.75 Å². The SMILES string of the molecule is CC(CCN1CCOc2ccccc2C1)C1CCCNC1. The van der Waals surface area contributed by atoms with Crippen molar-refractivity contribution < 1.29 is 4.74 Å². The van der Waals surface area contributed by atoms with Crippen molar-refractivity contribution in [2.75, 3.05) is 32.8 Å². The Kier molecular flexibility index (Phi) is 5.15. The molecule has 0 spiro atoms. The summed E-state index contributed by atoms with van der Waals surface area (Å²) < 4.78 is 5.85. The van der Waals surface area contributed by atoms with Gasteiger partial charge in [-0.05, 0) is 56.8 Å². The van der Waals surface area contributed by atoms with E-state index in [1.807, 2.05) is 0 Å². The van der Waals surface area contributed by atoms with E-state index in [0.29, 0.717) is 0 Å². The summed E-state index contributed by atoms with van der Waals surface area (Å²) in [6.07, 6.45) is 4.05. The molecule has 3 heteroatoms. The number of piperidine rings is 1. The van der Waals surface area contributed by atoms with Crippen LogP contribution in [0.5, 0.6) is 5.75 Å². The maximum atomic E-state index is 5.85. The molecule has 2 atom stereocenters. The van der Waals surface area contributed by atoms with Crippen LogP contribution in [0, 0.1) is 11.8 Å². The number of para-hydroxylation sites is 1. The Labute approximate surface area is 128 Å². The second kappa shape index (κ2) is 7.28. The van der Waals surface area contributed by atoms with Crippen LogP contribution in [0.15, 0.2) is 24.3 Å². The van der Waals surface area contributed by atoms with Gasteiger partial charge in [-0.15, -0.1) is 0 Å². The summed E-state index contributed by atoms with van der Waals surface area (Å²) in [5, 5.41) is 3.54. The third-order valence-electron chi connectivity index (χ3n) is 5.07. The van der Waals surface area contributed by atoms with Crippen molar-refractivity contribution in [2.45, 2.75) is 32.7 Å². The molecule has 1 fully saturated rings. The van der Waals surface area contributed by atoms with E-state index in [1.165, 1.54) is 44.5 Å². The summed E-state index contributed by atoms with van der Waals surface area (Å²) in [6, 6.07) is 8.46. The molecule has 2 heterocycles. The van der Waals surface area contributed by atoms with Gasteiger partial charge in [0.1, 0.15) is 12.4 Å². The average molecular weight is 288 g/mol. The van der Waals surface area contributed by atoms with Crippen molar-refractivity contribution in [3.05, 3.63) is 29.8 Å². The second-order valence-corrected chi connectivity index (χ2v) is 6.60. The monoisotopic (exact) mass is 288 g/mol. The number of nitrogens with zero attached hydrogens (tertiary/aromatic N) is 1. The lowest BCUT2D eigenvalue weighted by Gasteiger charge is -2.30. The number of benzene rings is 1. The van der Waals surface area contributed by atoms with Gasteiger partial charge in [-0.1, -0.05) is 25.1 Å². The number of nitrogens with one attached hydrogen (secondary N) is 1. The summed E-state index contributed by atoms with van der Waals surface area (Å²) in [7, 11) is 0. The lowest BCUT2D eigenvalue weighted by atomic mass is 9.85. The molecule has 0 amide bonds. The quantitative estimate of drug-likeness (QED) is 0.922. The molecule has 1 saturated heterocycles. The van der Waals surface area contributed by atoms with Gasteiger partial charge in [-0.3, -0.25) is 4.90 Å². The van der Waals surface area contributed by atoms with Crippen molar-refractivity contribution in [1.82, 2.24) is 10.2 Å². The van der Waals surface area contributed by atoms with E-state index in [1.54, 1.807) is 0 Å². The van der Waals surface area contributed by atoms with E-state index in [0.717, 1.165) is 37.3 Å². The predicted octanol–water partition coefficient (Wildman–Crippen LogP) is 2.91. The molecule has 2 aliphatic heterocycles. The van der Waals surface area contributed by atoms with E-state index >= 15 is 0 Å². The van der Waals surface area contributed by atoms with Crippen LogP contribution in [-0.4, -0.2) is 37.7 Å². The Bertz CT molecular complexity index is 443. The van der Waals surface area contributed by atoms with Crippen molar-refractivity contribution in [1.29, 1.82) is 0 Å². The van der Waals surface area contributed by atoms with Crippen LogP contribution in [0.3, 0.4) is 0 Å². The van der Waals surface area contributed by atoms with Gasteiger partial charge in [0, 0.05) is 18.7 Å². The molecule has 0 aliphatic carbocycles. The van der Waals surface area contributed by atoms with Gasteiger partial charge in [0.05, 0.1) is 0 Å². The molecule has 3 rings (SSSR count). The molecule has 116 valence electrons. The molecule has 1 N–H and O–H groups in total. The number of hydrogen-bond acceptors (Lipinski definition) is 3. The minimum atomic E-state index is 0.816. The Morgan fingerprint density at radius 3 is 3.14 bits per heavy atom. The van der Waals surface area contributed by atoms with Gasteiger partial charge in [0.25, 0.3) is 0 Å². The Balaban J connectivity index is 1.51. The lowest BCUT2D eigenvalue weighted by Crippen LogP contribution is -2.35. The molecular weight excluding hydrogens is 260 g/mol. The maximum absolute atomic E-state index is 5.85. The molecule has 1 aromatic carbocycles. The number of hydrogen-bond donors (Lipinski definition) is 1. The van der Waals surface area contributed by atoms with E-state index in [-0.39, 0.29) is 0 Å². The van der Waals surface area contributed by atoms with Crippen molar-refractivity contribution in [2.24, 2.45) is 11.8 Å². The highest BCUT2D eigenvalue weighted by atomic mass is 16.5. The molecule has 0 aromatic heterocycles. The van der Waals surface area contributed by atoms with Crippen LogP contribution in [0.1, 0.15) is 31.7 Å². The third-order valence-corrected chi connectivity index (χ3v) is 5.07. The van der Waals surface area contributed by atoms with E-state index in [4.69, 9.17) is 4.74 Å². The second-order valence-electron chi connectivity index (χ2n) is 6.60. The molecule has 2 unspecified atom stereocenters. The van der Waals surface area contributed by atoms with Crippen molar-refractivity contribution >= 4 is 0 Å². The average Bonchev–Trinajstić information content (AvgIpc) is 2.75. The Hall–Kier alpha value is -1.06. The highest BCUT2D eigenvalue weighted by Crippen LogP contribution is 2.25. The van der Waals surface area contributed by atoms with Crippen LogP contribution in [-0.2, 0) is 6.54 Å². The lowest BCUT2D eigenvalue weighted by molar-refractivity contribution is 0.192. The molecule has 0 saturated carbocycles. The fourth-order valence-electron chi connectivity index (χ4n) is 3.56. The molecule has 3 nitrogen and oxygen atoms in total. The minimum Gasteiger partial charge on any atom is -0.492 e. The zero-order valence-corrected chi connectivity index (χ0v) is 13.2. The third kappa shape index (κ3) is 3.98. The number of rotatable bonds is 4. The number of ether oxygens (including phenoxy) is 1. The fraction of sp³-hybridized carbons (Fsp3) is 0.667. The first-order chi connectivity index (χ1) is 10.3. The summed E-state index contributed by atoms with van der Waals surface area (Å²) in [5.41, 5.74) is 1.34. The number of fused-ring (bicyclic) bond motifs is 1. The van der Waals surface area contributed by atoms with Crippen molar-refractivity contribution in [3.63, 3.8) is 0 Å². The standard InChI is InChI=1S/C18H28N2O/c1-15(16-6-4-9-19-13-16)8-10-20-11-12-21-18-7-3-2-5-17(18)14-20/h2-3,5,7,15-16,19H,4,6,8-14H2,1H3. The fourth-order valence-corrected chi connectivity index (χ4v) is 3.56. The van der Waals surface area contributed by atoms with Gasteiger partial charge in [0.2, 0.25) is 0 Å². The summed E-state index contributed by atoms with van der Waals surface area (Å²) in [5.74, 6) is 2.76. The largest absolute Gasteiger partial charge is 0.492 e. The zero-order valence-electron chi connectivity index (χ0n) is 13.2. The van der Waals surface area contributed by atoms with E-state index in [2.05, 4.69) is 41.4 Å². The first kappa shape index (κ1) is 14.9. The highest BCUT2D eigenvalue weighted by Gasteiger charge is 2.21. The van der Waals surface area contributed by atoms with Crippen LogP contribution in [0.2, 0.25) is 0 Å². The summed E-state index contributed by atoms with van der Waals surface area (Å²) >= 11 is 0. The summed E-state index contributed by atoms with van der Waals surface area (Å²) in [4.78, 5) is 2.55. The van der Waals surface area contributed by atoms with Gasteiger partial charge < -0.3 is 10.1 Å². The minimum absolute atomic E-state index is 0.816. The molecule has 21 heavy (non-hydrogen) atoms. The van der Waals surface area contributed by atoms with Gasteiger partial charge in [0.15, 0.2) is 0 Å². The topological polar surface area (TPSA) is 24.5 Å². The van der Waals surface area contributed by atoms with E-state index < -0.39 is 0 Å². The summed E-state index contributed by atoms with van der Waals surface area (Å²) in [6.45, 7) is 8.94. The smallest absolute Gasteiger partial charge is 0.123 e. The first-order valence-corrected chi connectivity index (χ1v) is 8.46. The normalized spacial score (nSPS) is 24.7. The Morgan fingerprint density at radius 1 is 1.38 bits per heavy atom. The van der Waals surface area contributed by atoms with Crippen LogP contribution in [0.4, 0.5) is 0 Å². The Morgan fingerprint density at radius 2 is 2.29 bits per heavy atom. The van der Waals surface area contributed by atoms with Gasteiger partial charge in [-0.25, -0.2) is 0 Å². The van der Waals surface area contributed by atoms with Gasteiger partial charge in [-0.2, -0.15) is 0 Å². The van der Waals surface area contributed by atoms with Crippen LogP contribution in [0.25, 0.3) is 0 Å². The van der Waals surface area contributed by atoms with Crippen LogP contribution >= 0.6 is 0 Å². The van der Waals surface area contributed by atoms with Crippen LogP contribution < -0.4 is 10.1 Å². The zero-order chi connectivity index (χ0) is 14.5. The highest BCUT2D eigenvalue weighted by molar-refractivity contribution is 5.33. The molecular formula is C18H28N2O. The maximum Gasteiger partial charge on any atom is 0.123 e. The molecule has 2 aliphatic rings. The first-order valence-electron chi connectivity index (χ1n) is 8.46. The van der Waals surface area contributed by atoms with Gasteiger partial charge >= 0.3 is 0 Å². The predicted molar refractivity (Wildman–Crippen MR) is 86.6 cm³/mol. The van der Waals surface area contributed by atoms with E-state index in [9.17, 15) is 0 Å². The molecule has 1 aromatic rings.